The molecule has 1 aromatic heterocycles. The van der Waals surface area contributed by atoms with Crippen LogP contribution in [0.3, 0.4) is 0 Å². The monoisotopic (exact) mass is 466 g/mol. The standard InChI is InChI=1S/C25H20ClFN2O2S/c1-15-11-17(12-16(2)24(15)26)31-13-23(30)28-21-10-6-4-8-19(21)22-14-32-25(29-22)18-7-3-5-9-20(18)27/h3-12,14H,13H2,1-2H3,(H,28,30). The highest BCUT2D eigenvalue weighted by Crippen LogP contribution is 2.33. The van der Waals surface area contributed by atoms with E-state index in [9.17, 15) is 9.18 Å². The normalized spacial score (nSPS) is 10.8. The molecule has 0 unspecified atom stereocenters. The van der Waals surface area contributed by atoms with Gasteiger partial charge in [-0.2, -0.15) is 0 Å². The van der Waals surface area contributed by atoms with Crippen molar-refractivity contribution in [3.05, 3.63) is 88.0 Å². The molecule has 1 N–H and O–H groups in total. The van der Waals surface area contributed by atoms with Crippen LogP contribution in [0.1, 0.15) is 11.1 Å². The molecule has 4 aromatic rings. The zero-order valence-corrected chi connectivity index (χ0v) is 19.1. The Labute approximate surface area is 194 Å². The number of benzene rings is 3. The van der Waals surface area contributed by atoms with Crippen LogP contribution in [0, 0.1) is 19.7 Å². The van der Waals surface area contributed by atoms with Gasteiger partial charge in [-0.15, -0.1) is 11.3 Å². The Morgan fingerprint density at radius 2 is 1.72 bits per heavy atom. The summed E-state index contributed by atoms with van der Waals surface area (Å²) in [7, 11) is 0. The molecule has 32 heavy (non-hydrogen) atoms. The van der Waals surface area contributed by atoms with Crippen LogP contribution in [0.4, 0.5) is 10.1 Å². The summed E-state index contributed by atoms with van der Waals surface area (Å²) in [5.74, 6) is -0.0334. The zero-order chi connectivity index (χ0) is 22.7. The first-order valence-corrected chi connectivity index (χ1v) is 11.2. The van der Waals surface area contributed by atoms with E-state index in [4.69, 9.17) is 16.3 Å². The zero-order valence-electron chi connectivity index (χ0n) is 17.5. The van der Waals surface area contributed by atoms with Crippen LogP contribution in [-0.4, -0.2) is 17.5 Å². The van der Waals surface area contributed by atoms with Crippen molar-refractivity contribution in [2.45, 2.75) is 13.8 Å². The Bertz CT molecular complexity index is 1270. The SMILES string of the molecule is Cc1cc(OCC(=O)Nc2ccccc2-c2csc(-c3ccccc3F)n2)cc(C)c1Cl. The average Bonchev–Trinajstić information content (AvgIpc) is 3.26. The lowest BCUT2D eigenvalue weighted by Crippen LogP contribution is -2.20. The van der Waals surface area contributed by atoms with Crippen LogP contribution in [0.5, 0.6) is 5.75 Å². The molecule has 162 valence electrons. The van der Waals surface area contributed by atoms with Gasteiger partial charge < -0.3 is 10.1 Å². The minimum atomic E-state index is -0.320. The van der Waals surface area contributed by atoms with E-state index in [0.29, 0.717) is 32.7 Å². The molecule has 0 bridgehead atoms. The minimum absolute atomic E-state index is 0.146. The number of aryl methyl sites for hydroxylation is 2. The van der Waals surface area contributed by atoms with Crippen LogP contribution in [0.25, 0.3) is 21.8 Å². The first-order valence-electron chi connectivity index (χ1n) is 9.91. The number of carbonyl (C=O) groups excluding carboxylic acids is 1. The molecular formula is C25H20ClFN2O2S. The minimum Gasteiger partial charge on any atom is -0.484 e. The number of rotatable bonds is 6. The van der Waals surface area contributed by atoms with Crippen LogP contribution in [-0.2, 0) is 4.79 Å². The summed E-state index contributed by atoms with van der Waals surface area (Å²) in [6, 6.07) is 17.5. The summed E-state index contributed by atoms with van der Waals surface area (Å²) in [5, 5.41) is 6.00. The third-order valence-corrected chi connectivity index (χ3v) is 6.34. The molecule has 1 heterocycles. The van der Waals surface area contributed by atoms with Gasteiger partial charge in [-0.25, -0.2) is 9.37 Å². The van der Waals surface area contributed by atoms with E-state index in [1.807, 2.05) is 37.4 Å². The van der Waals surface area contributed by atoms with Gasteiger partial charge >= 0.3 is 0 Å². The maximum absolute atomic E-state index is 14.1. The van der Waals surface area contributed by atoms with Crippen LogP contribution in [0.2, 0.25) is 5.02 Å². The number of nitrogens with zero attached hydrogens (tertiary/aromatic N) is 1. The van der Waals surface area contributed by atoms with E-state index in [-0.39, 0.29) is 18.3 Å². The molecule has 0 fully saturated rings. The Morgan fingerprint density at radius 3 is 2.44 bits per heavy atom. The van der Waals surface area contributed by atoms with E-state index in [0.717, 1.165) is 16.7 Å². The molecule has 3 aromatic carbocycles. The number of hydrogen-bond donors (Lipinski definition) is 1. The van der Waals surface area contributed by atoms with Gasteiger partial charge in [0.1, 0.15) is 16.6 Å². The van der Waals surface area contributed by atoms with Gasteiger partial charge in [-0.3, -0.25) is 4.79 Å². The smallest absolute Gasteiger partial charge is 0.262 e. The summed E-state index contributed by atoms with van der Waals surface area (Å²) in [6.07, 6.45) is 0. The maximum atomic E-state index is 14.1. The van der Waals surface area contributed by atoms with Crippen LogP contribution < -0.4 is 10.1 Å². The lowest BCUT2D eigenvalue weighted by atomic mass is 10.1. The number of thiazole rings is 1. The molecule has 0 saturated heterocycles. The van der Waals surface area contributed by atoms with Gasteiger partial charge in [0, 0.05) is 21.5 Å². The van der Waals surface area contributed by atoms with Crippen LogP contribution >= 0.6 is 22.9 Å². The Hall–Kier alpha value is -3.22. The molecule has 7 heteroatoms. The van der Waals surface area contributed by atoms with E-state index in [1.54, 1.807) is 36.4 Å². The maximum Gasteiger partial charge on any atom is 0.262 e. The number of anilines is 1. The number of carbonyl (C=O) groups is 1. The number of nitrogens with one attached hydrogen (secondary N) is 1. The van der Waals surface area contributed by atoms with Gasteiger partial charge in [0.05, 0.1) is 11.4 Å². The molecule has 4 rings (SSSR count). The topological polar surface area (TPSA) is 51.2 Å². The second-order valence-corrected chi connectivity index (χ2v) is 8.51. The van der Waals surface area contributed by atoms with Crippen molar-refractivity contribution in [3.8, 4) is 27.6 Å². The number of hydrogen-bond acceptors (Lipinski definition) is 4. The quantitative estimate of drug-likeness (QED) is 0.336. The number of ether oxygens (including phenoxy) is 1. The van der Waals surface area contributed by atoms with E-state index >= 15 is 0 Å². The largest absolute Gasteiger partial charge is 0.484 e. The first-order chi connectivity index (χ1) is 15.4. The molecule has 4 nitrogen and oxygen atoms in total. The summed E-state index contributed by atoms with van der Waals surface area (Å²) >= 11 is 7.54. The molecule has 0 atom stereocenters. The second-order valence-electron chi connectivity index (χ2n) is 7.27. The fraction of sp³-hybridized carbons (Fsp3) is 0.120. The second kappa shape index (κ2) is 9.51. The first kappa shape index (κ1) is 22.0. The van der Waals surface area contributed by atoms with Crippen molar-refractivity contribution in [3.63, 3.8) is 0 Å². The predicted octanol–water partition coefficient (Wildman–Crippen LogP) is 6.90. The van der Waals surface area contributed by atoms with Gasteiger partial charge in [-0.1, -0.05) is 41.9 Å². The highest BCUT2D eigenvalue weighted by Gasteiger charge is 2.14. The number of aromatic nitrogens is 1. The summed E-state index contributed by atoms with van der Waals surface area (Å²) in [5.41, 5.74) is 4.25. The third kappa shape index (κ3) is 4.82. The van der Waals surface area contributed by atoms with E-state index in [2.05, 4.69) is 10.3 Å². The van der Waals surface area contributed by atoms with Crippen molar-refractivity contribution in [1.82, 2.24) is 4.98 Å². The number of halogens is 2. The van der Waals surface area contributed by atoms with Crippen molar-refractivity contribution < 1.29 is 13.9 Å². The highest BCUT2D eigenvalue weighted by atomic mass is 35.5. The number of para-hydroxylation sites is 1. The van der Waals surface area contributed by atoms with Gasteiger partial charge in [0.2, 0.25) is 0 Å². The highest BCUT2D eigenvalue weighted by molar-refractivity contribution is 7.13. The Balaban J connectivity index is 1.50. The molecule has 0 saturated carbocycles. The van der Waals surface area contributed by atoms with Crippen molar-refractivity contribution in [2.24, 2.45) is 0 Å². The lowest BCUT2D eigenvalue weighted by molar-refractivity contribution is -0.118. The summed E-state index contributed by atoms with van der Waals surface area (Å²) in [4.78, 5) is 17.1. The Kier molecular flexibility index (Phi) is 6.53. The molecular weight excluding hydrogens is 447 g/mol. The van der Waals surface area contributed by atoms with E-state index in [1.165, 1.54) is 17.4 Å². The number of amides is 1. The molecule has 0 aliphatic rings. The molecule has 0 aliphatic heterocycles. The fourth-order valence-electron chi connectivity index (χ4n) is 3.30. The van der Waals surface area contributed by atoms with Crippen LogP contribution in [0.15, 0.2) is 66.0 Å². The fourth-order valence-corrected chi connectivity index (χ4v) is 4.25. The van der Waals surface area contributed by atoms with Gasteiger partial charge in [0.15, 0.2) is 6.61 Å². The molecule has 0 aliphatic carbocycles. The Morgan fingerprint density at radius 1 is 1.06 bits per heavy atom. The summed E-state index contributed by atoms with van der Waals surface area (Å²) in [6.45, 7) is 3.64. The molecule has 0 spiro atoms. The van der Waals surface area contributed by atoms with Crippen molar-refractivity contribution in [1.29, 1.82) is 0 Å². The molecule has 0 radical (unpaired) electrons. The van der Waals surface area contributed by atoms with Gasteiger partial charge in [0.25, 0.3) is 5.91 Å². The average molecular weight is 467 g/mol. The predicted molar refractivity (Wildman–Crippen MR) is 128 cm³/mol. The summed E-state index contributed by atoms with van der Waals surface area (Å²) < 4.78 is 19.8. The van der Waals surface area contributed by atoms with Crippen molar-refractivity contribution >= 4 is 34.5 Å². The van der Waals surface area contributed by atoms with Crippen molar-refractivity contribution in [2.75, 3.05) is 11.9 Å². The van der Waals surface area contributed by atoms with Gasteiger partial charge in [-0.05, 0) is 55.3 Å². The van der Waals surface area contributed by atoms with E-state index < -0.39 is 0 Å². The molecule has 1 amide bonds. The third-order valence-electron chi connectivity index (χ3n) is 4.87. The lowest BCUT2D eigenvalue weighted by Gasteiger charge is -2.12.